The Hall–Kier alpha value is -0.720. The lowest BCUT2D eigenvalue weighted by Gasteiger charge is -2.22. The zero-order valence-electron chi connectivity index (χ0n) is 12.5. The second kappa shape index (κ2) is 7.03. The molecule has 118 valence electrons. The second-order valence-corrected chi connectivity index (χ2v) is 9.21. The number of hydrogen-bond acceptors (Lipinski definition) is 4. The summed E-state index contributed by atoms with van der Waals surface area (Å²) in [6.45, 7) is 0. The Bertz CT molecular complexity index is 590. The molecule has 1 aromatic rings. The molecule has 6 heteroatoms. The van der Waals surface area contributed by atoms with E-state index in [4.69, 9.17) is 0 Å². The van der Waals surface area contributed by atoms with E-state index < -0.39 is 20.6 Å². The van der Waals surface area contributed by atoms with Crippen molar-refractivity contribution < 1.29 is 12.6 Å². The highest BCUT2D eigenvalue weighted by Crippen LogP contribution is 2.28. The van der Waals surface area contributed by atoms with Crippen molar-refractivity contribution in [1.82, 2.24) is 5.32 Å². The predicted molar refractivity (Wildman–Crippen MR) is 85.6 cm³/mol. The molecular weight excluding hydrogens is 306 g/mol. The molecule has 4 nitrogen and oxygen atoms in total. The number of rotatable bonds is 6. The smallest absolute Gasteiger partial charge is 0.175 e. The van der Waals surface area contributed by atoms with Crippen LogP contribution in [0.4, 0.5) is 0 Å². The summed E-state index contributed by atoms with van der Waals surface area (Å²) in [5.74, 6) is 1.19. The normalized spacial score (nSPS) is 19.5. The molecule has 1 fully saturated rings. The van der Waals surface area contributed by atoms with Gasteiger partial charge < -0.3 is 5.32 Å². The van der Waals surface area contributed by atoms with Crippen LogP contribution < -0.4 is 5.32 Å². The van der Waals surface area contributed by atoms with Crippen LogP contribution in [0.1, 0.15) is 25.7 Å². The third kappa shape index (κ3) is 4.37. The van der Waals surface area contributed by atoms with Gasteiger partial charge in [0.15, 0.2) is 9.84 Å². The van der Waals surface area contributed by atoms with Gasteiger partial charge in [-0.15, -0.1) is 0 Å². The molecule has 0 aliphatic heterocycles. The summed E-state index contributed by atoms with van der Waals surface area (Å²) in [5.41, 5.74) is 0. The molecule has 2 unspecified atom stereocenters. The lowest BCUT2D eigenvalue weighted by molar-refractivity contribution is 0.408. The van der Waals surface area contributed by atoms with Crippen LogP contribution in [-0.2, 0) is 20.6 Å². The van der Waals surface area contributed by atoms with Crippen molar-refractivity contribution >= 4 is 20.6 Å². The van der Waals surface area contributed by atoms with E-state index in [9.17, 15) is 12.6 Å². The lowest BCUT2D eigenvalue weighted by Crippen LogP contribution is -2.37. The van der Waals surface area contributed by atoms with E-state index in [0.717, 1.165) is 0 Å². The van der Waals surface area contributed by atoms with Crippen LogP contribution in [-0.4, -0.2) is 37.7 Å². The minimum absolute atomic E-state index is 0.267. The zero-order chi connectivity index (χ0) is 15.5. The Labute approximate surface area is 129 Å². The molecule has 1 aromatic carbocycles. The number of sulfone groups is 1. The van der Waals surface area contributed by atoms with Gasteiger partial charge in [-0.3, -0.25) is 4.21 Å². The van der Waals surface area contributed by atoms with Crippen molar-refractivity contribution in [3.8, 4) is 0 Å². The molecule has 0 amide bonds. The van der Waals surface area contributed by atoms with E-state index >= 15 is 0 Å². The van der Waals surface area contributed by atoms with Crippen LogP contribution in [0.25, 0.3) is 0 Å². The van der Waals surface area contributed by atoms with E-state index in [1.165, 1.54) is 44.1 Å². The highest BCUT2D eigenvalue weighted by Gasteiger charge is 2.25. The van der Waals surface area contributed by atoms with Gasteiger partial charge in [-0.25, -0.2) is 8.42 Å². The fourth-order valence-electron chi connectivity index (χ4n) is 2.91. The van der Waals surface area contributed by atoms with Gasteiger partial charge in [0, 0.05) is 22.9 Å². The topological polar surface area (TPSA) is 63.2 Å². The van der Waals surface area contributed by atoms with Gasteiger partial charge in [-0.05, 0) is 50.1 Å². The monoisotopic (exact) mass is 329 g/mol. The molecule has 0 heterocycles. The zero-order valence-corrected chi connectivity index (χ0v) is 14.2. The van der Waals surface area contributed by atoms with Crippen LogP contribution >= 0.6 is 0 Å². The summed E-state index contributed by atoms with van der Waals surface area (Å²) in [6.07, 6.45) is 6.11. The van der Waals surface area contributed by atoms with Gasteiger partial charge in [0.25, 0.3) is 0 Å². The molecule has 2 rings (SSSR count). The Balaban J connectivity index is 2.05. The maximum Gasteiger partial charge on any atom is 0.175 e. The van der Waals surface area contributed by atoms with Crippen LogP contribution in [0.2, 0.25) is 0 Å². The molecular formula is C15H23NO3S2. The van der Waals surface area contributed by atoms with Crippen molar-refractivity contribution in [1.29, 1.82) is 0 Å². The number of benzene rings is 1. The van der Waals surface area contributed by atoms with Crippen molar-refractivity contribution in [2.45, 2.75) is 41.5 Å². The Morgan fingerprint density at radius 1 is 1.24 bits per heavy atom. The van der Waals surface area contributed by atoms with Gasteiger partial charge in [0.2, 0.25) is 0 Å². The third-order valence-corrected chi connectivity index (χ3v) is 6.77. The van der Waals surface area contributed by atoms with Gasteiger partial charge in [-0.2, -0.15) is 0 Å². The molecule has 1 aliphatic carbocycles. The minimum atomic E-state index is -3.20. The second-order valence-electron chi connectivity index (χ2n) is 5.70. The van der Waals surface area contributed by atoms with Crippen LogP contribution in [0.3, 0.4) is 0 Å². The van der Waals surface area contributed by atoms with Gasteiger partial charge in [0.1, 0.15) is 0 Å². The first-order valence-corrected chi connectivity index (χ1v) is 10.5. The molecule has 0 aromatic heterocycles. The Morgan fingerprint density at radius 2 is 1.81 bits per heavy atom. The average molecular weight is 329 g/mol. The molecule has 1 aliphatic rings. The number of hydrogen-bond donors (Lipinski definition) is 1. The first kappa shape index (κ1) is 16.6. The first-order chi connectivity index (χ1) is 9.91. The summed E-state index contributed by atoms with van der Waals surface area (Å²) >= 11 is 0. The van der Waals surface area contributed by atoms with Gasteiger partial charge >= 0.3 is 0 Å². The highest BCUT2D eigenvalue weighted by atomic mass is 32.2. The van der Waals surface area contributed by atoms with Crippen molar-refractivity contribution in [2.24, 2.45) is 5.92 Å². The fraction of sp³-hybridized carbons (Fsp3) is 0.600. The van der Waals surface area contributed by atoms with E-state index in [-0.39, 0.29) is 10.9 Å². The molecule has 1 N–H and O–H groups in total. The fourth-order valence-corrected chi connectivity index (χ4v) is 4.94. The van der Waals surface area contributed by atoms with E-state index in [1.807, 2.05) is 7.05 Å². The summed E-state index contributed by atoms with van der Waals surface area (Å²) < 4.78 is 35.3. The van der Waals surface area contributed by atoms with E-state index in [0.29, 0.717) is 16.6 Å². The Kier molecular flexibility index (Phi) is 5.57. The minimum Gasteiger partial charge on any atom is -0.316 e. The molecule has 0 spiro atoms. The number of nitrogens with one attached hydrogen (secondary N) is 1. The largest absolute Gasteiger partial charge is 0.316 e. The quantitative estimate of drug-likeness (QED) is 0.867. The molecule has 0 saturated heterocycles. The van der Waals surface area contributed by atoms with E-state index in [1.54, 1.807) is 12.1 Å². The van der Waals surface area contributed by atoms with Crippen molar-refractivity contribution in [3.63, 3.8) is 0 Å². The van der Waals surface area contributed by atoms with Crippen molar-refractivity contribution in [2.75, 3.05) is 19.1 Å². The van der Waals surface area contributed by atoms with Crippen LogP contribution in [0.5, 0.6) is 0 Å². The summed E-state index contributed by atoms with van der Waals surface area (Å²) in [6, 6.07) is 6.66. The van der Waals surface area contributed by atoms with Gasteiger partial charge in [0.05, 0.1) is 15.7 Å². The predicted octanol–water partition coefficient (Wildman–Crippen LogP) is 1.98. The first-order valence-electron chi connectivity index (χ1n) is 7.27. The maximum absolute atomic E-state index is 12.5. The molecule has 2 atom stereocenters. The lowest BCUT2D eigenvalue weighted by atomic mass is 10.0. The highest BCUT2D eigenvalue weighted by molar-refractivity contribution is 7.90. The molecule has 21 heavy (non-hydrogen) atoms. The van der Waals surface area contributed by atoms with Crippen LogP contribution in [0, 0.1) is 5.92 Å². The SMILES string of the molecule is CNC(CS(=O)c1ccc(S(C)(=O)=O)cc1)C1CCCC1. The molecule has 1 saturated carbocycles. The summed E-state index contributed by atoms with van der Waals surface area (Å²) in [4.78, 5) is 0.963. The third-order valence-electron chi connectivity index (χ3n) is 4.19. The summed E-state index contributed by atoms with van der Waals surface area (Å²) in [5, 5.41) is 3.29. The molecule has 0 bridgehead atoms. The standard InChI is InChI=1S/C15H23NO3S2/c1-16-15(12-5-3-4-6-12)11-20(17)13-7-9-14(10-8-13)21(2,18)19/h7-10,12,15-16H,3-6,11H2,1-2H3. The van der Waals surface area contributed by atoms with Crippen LogP contribution in [0.15, 0.2) is 34.1 Å². The molecule has 0 radical (unpaired) electrons. The van der Waals surface area contributed by atoms with Gasteiger partial charge in [-0.1, -0.05) is 12.8 Å². The Morgan fingerprint density at radius 3 is 2.29 bits per heavy atom. The average Bonchev–Trinajstić information content (AvgIpc) is 2.97. The van der Waals surface area contributed by atoms with Crippen molar-refractivity contribution in [3.05, 3.63) is 24.3 Å². The summed E-state index contributed by atoms with van der Waals surface area (Å²) in [7, 11) is -2.38. The maximum atomic E-state index is 12.5. The van der Waals surface area contributed by atoms with E-state index in [2.05, 4.69) is 5.32 Å².